The number of nitrogens with one attached hydrogen (secondary N) is 1. The van der Waals surface area contributed by atoms with Crippen molar-refractivity contribution >= 4 is 21.0 Å². The molecule has 14 heavy (non-hydrogen) atoms. The third-order valence-corrected chi connectivity index (χ3v) is 2.81. The first kappa shape index (κ1) is 9.14. The first-order valence-corrected chi connectivity index (χ1v) is 5.89. The van der Waals surface area contributed by atoms with Crippen LogP contribution in [-0.4, -0.2) is 29.6 Å². The summed E-state index contributed by atoms with van der Waals surface area (Å²) in [6.07, 6.45) is 2.72. The number of aromatic nitrogens is 3. The molecular formula is C8H9N3O2S. The number of aromatic amines is 1. The van der Waals surface area contributed by atoms with Gasteiger partial charge in [0.15, 0.2) is 5.65 Å². The molecule has 0 aromatic carbocycles. The number of aryl methyl sites for hydroxylation is 1. The molecule has 0 spiro atoms. The Morgan fingerprint density at radius 2 is 2.14 bits per heavy atom. The molecule has 0 unspecified atom stereocenters. The smallest absolute Gasteiger partial charge is 0.226 e. The van der Waals surface area contributed by atoms with Gasteiger partial charge >= 0.3 is 0 Å². The number of fused-ring (bicyclic) bond motifs is 1. The Labute approximate surface area is 81.1 Å². The van der Waals surface area contributed by atoms with Crippen LogP contribution in [0.25, 0.3) is 11.2 Å². The van der Waals surface area contributed by atoms with Gasteiger partial charge in [-0.15, -0.1) is 0 Å². The van der Waals surface area contributed by atoms with E-state index in [2.05, 4.69) is 15.0 Å². The zero-order chi connectivity index (χ0) is 10.3. The number of imidazole rings is 1. The Morgan fingerprint density at radius 1 is 1.43 bits per heavy atom. The van der Waals surface area contributed by atoms with Gasteiger partial charge in [-0.1, -0.05) is 0 Å². The van der Waals surface area contributed by atoms with E-state index in [1.807, 2.05) is 6.92 Å². The van der Waals surface area contributed by atoms with Crippen molar-refractivity contribution in [1.29, 1.82) is 0 Å². The zero-order valence-electron chi connectivity index (χ0n) is 7.77. The van der Waals surface area contributed by atoms with Crippen molar-refractivity contribution < 1.29 is 8.42 Å². The summed E-state index contributed by atoms with van der Waals surface area (Å²) in [5.74, 6) is 0. The highest BCUT2D eigenvalue weighted by atomic mass is 32.2. The lowest BCUT2D eigenvalue weighted by Gasteiger charge is -1.89. The van der Waals surface area contributed by atoms with Crippen molar-refractivity contribution in [3.05, 3.63) is 17.8 Å². The van der Waals surface area contributed by atoms with E-state index >= 15 is 0 Å². The van der Waals surface area contributed by atoms with Crippen molar-refractivity contribution in [1.82, 2.24) is 15.0 Å². The predicted octanol–water partition coefficient (Wildman–Crippen LogP) is 0.670. The Kier molecular flexibility index (Phi) is 1.81. The minimum atomic E-state index is -3.29. The van der Waals surface area contributed by atoms with Crippen molar-refractivity contribution in [3.8, 4) is 0 Å². The summed E-state index contributed by atoms with van der Waals surface area (Å²) in [6, 6.07) is 1.79. The Hall–Kier alpha value is -1.43. The van der Waals surface area contributed by atoms with E-state index in [4.69, 9.17) is 0 Å². The van der Waals surface area contributed by atoms with E-state index in [0.717, 1.165) is 11.8 Å². The largest absolute Gasteiger partial charge is 0.313 e. The summed E-state index contributed by atoms with van der Waals surface area (Å²) < 4.78 is 22.4. The van der Waals surface area contributed by atoms with Crippen molar-refractivity contribution in [3.63, 3.8) is 0 Å². The van der Waals surface area contributed by atoms with Crippen molar-refractivity contribution in [2.75, 3.05) is 6.26 Å². The summed E-state index contributed by atoms with van der Waals surface area (Å²) in [6.45, 7) is 1.86. The van der Waals surface area contributed by atoms with E-state index in [9.17, 15) is 8.42 Å². The fourth-order valence-corrected chi connectivity index (χ4v) is 1.73. The fourth-order valence-electron chi connectivity index (χ4n) is 1.19. The molecule has 0 bridgehead atoms. The summed E-state index contributed by atoms with van der Waals surface area (Å²) in [5.41, 5.74) is 2.01. The fraction of sp³-hybridized carbons (Fsp3) is 0.250. The lowest BCUT2D eigenvalue weighted by Crippen LogP contribution is -1.98. The number of H-pyrrole nitrogens is 1. The van der Waals surface area contributed by atoms with Gasteiger partial charge in [-0.2, -0.15) is 0 Å². The number of hydrogen-bond acceptors (Lipinski definition) is 4. The average Bonchev–Trinajstić information content (AvgIpc) is 2.48. The molecule has 0 amide bonds. The topological polar surface area (TPSA) is 75.7 Å². The Bertz CT molecular complexity index is 586. The third-order valence-electron chi connectivity index (χ3n) is 1.92. The van der Waals surface area contributed by atoms with E-state index in [1.54, 1.807) is 12.3 Å². The maximum absolute atomic E-state index is 11.2. The van der Waals surface area contributed by atoms with Crippen LogP contribution < -0.4 is 0 Å². The van der Waals surface area contributed by atoms with Gasteiger partial charge in [-0.05, 0) is 18.6 Å². The molecule has 0 aliphatic rings. The van der Waals surface area contributed by atoms with Gasteiger partial charge in [0.2, 0.25) is 15.0 Å². The molecule has 2 aromatic rings. The Morgan fingerprint density at radius 3 is 2.71 bits per heavy atom. The average molecular weight is 211 g/mol. The quantitative estimate of drug-likeness (QED) is 0.752. The van der Waals surface area contributed by atoms with Gasteiger partial charge in [0.05, 0.1) is 0 Å². The zero-order valence-corrected chi connectivity index (χ0v) is 8.59. The van der Waals surface area contributed by atoms with E-state index in [1.165, 1.54) is 0 Å². The molecule has 0 aliphatic carbocycles. The molecule has 0 saturated heterocycles. The maximum Gasteiger partial charge on any atom is 0.226 e. The minimum Gasteiger partial charge on any atom is -0.313 e. The van der Waals surface area contributed by atoms with Crippen molar-refractivity contribution in [2.45, 2.75) is 12.1 Å². The van der Waals surface area contributed by atoms with Gasteiger partial charge in [0.1, 0.15) is 5.52 Å². The van der Waals surface area contributed by atoms with Crippen molar-refractivity contribution in [2.24, 2.45) is 0 Å². The van der Waals surface area contributed by atoms with Crippen LogP contribution >= 0.6 is 0 Å². The van der Waals surface area contributed by atoms with Crippen LogP contribution in [0.2, 0.25) is 0 Å². The number of nitrogens with zero attached hydrogens (tertiary/aromatic N) is 2. The third kappa shape index (κ3) is 1.37. The van der Waals surface area contributed by atoms with Gasteiger partial charge in [0, 0.05) is 12.5 Å². The monoisotopic (exact) mass is 211 g/mol. The Balaban J connectivity index is 2.81. The molecule has 0 aliphatic heterocycles. The SMILES string of the molecule is Cc1ccnc2[nH]c(S(C)(=O)=O)nc12. The van der Waals surface area contributed by atoms with E-state index < -0.39 is 9.84 Å². The number of rotatable bonds is 1. The molecule has 2 aromatic heterocycles. The number of pyridine rings is 1. The highest BCUT2D eigenvalue weighted by Crippen LogP contribution is 2.15. The highest BCUT2D eigenvalue weighted by Gasteiger charge is 2.14. The predicted molar refractivity (Wildman–Crippen MR) is 51.7 cm³/mol. The van der Waals surface area contributed by atoms with E-state index in [0.29, 0.717) is 11.2 Å². The first-order chi connectivity index (χ1) is 6.48. The molecule has 5 nitrogen and oxygen atoms in total. The van der Waals surface area contributed by atoms with Crippen LogP contribution in [0.5, 0.6) is 0 Å². The maximum atomic E-state index is 11.2. The normalized spacial score (nSPS) is 12.1. The van der Waals surface area contributed by atoms with Crippen LogP contribution in [0.3, 0.4) is 0 Å². The number of hydrogen-bond donors (Lipinski definition) is 1. The summed E-state index contributed by atoms with van der Waals surface area (Å²) >= 11 is 0. The lowest BCUT2D eigenvalue weighted by atomic mass is 10.3. The molecule has 74 valence electrons. The molecule has 0 fully saturated rings. The molecule has 0 saturated carbocycles. The molecule has 1 N–H and O–H groups in total. The van der Waals surface area contributed by atoms with Gasteiger partial charge < -0.3 is 4.98 Å². The van der Waals surface area contributed by atoms with Gasteiger partial charge in [0.25, 0.3) is 0 Å². The summed E-state index contributed by atoms with van der Waals surface area (Å²) in [7, 11) is -3.29. The molecule has 6 heteroatoms. The minimum absolute atomic E-state index is 0.0331. The molecule has 0 atom stereocenters. The second-order valence-electron chi connectivity index (χ2n) is 3.14. The molecular weight excluding hydrogens is 202 g/mol. The van der Waals surface area contributed by atoms with Gasteiger partial charge in [-0.3, -0.25) is 0 Å². The van der Waals surface area contributed by atoms with Crippen LogP contribution in [0, 0.1) is 6.92 Å². The van der Waals surface area contributed by atoms with Crippen LogP contribution in [-0.2, 0) is 9.84 Å². The standard InChI is InChI=1S/C8H9N3O2S/c1-5-3-4-9-7-6(5)10-8(11-7)14(2,12)13/h3-4H,1-2H3,(H,9,10,11). The second-order valence-corrected chi connectivity index (χ2v) is 5.07. The highest BCUT2D eigenvalue weighted by molar-refractivity contribution is 7.90. The first-order valence-electron chi connectivity index (χ1n) is 4.00. The van der Waals surface area contributed by atoms with E-state index in [-0.39, 0.29) is 5.16 Å². The van der Waals surface area contributed by atoms with Crippen LogP contribution in [0.1, 0.15) is 5.56 Å². The summed E-state index contributed by atoms with van der Waals surface area (Å²) in [5, 5.41) is -0.0331. The number of sulfone groups is 1. The summed E-state index contributed by atoms with van der Waals surface area (Å²) in [4.78, 5) is 10.6. The molecule has 0 radical (unpaired) electrons. The lowest BCUT2D eigenvalue weighted by molar-refractivity contribution is 0.595. The second kappa shape index (κ2) is 2.78. The van der Waals surface area contributed by atoms with Crippen LogP contribution in [0.15, 0.2) is 17.4 Å². The molecule has 2 heterocycles. The van der Waals surface area contributed by atoms with Crippen LogP contribution in [0.4, 0.5) is 0 Å². The van der Waals surface area contributed by atoms with Gasteiger partial charge in [-0.25, -0.2) is 18.4 Å². The molecule has 2 rings (SSSR count).